The summed E-state index contributed by atoms with van der Waals surface area (Å²) in [4.78, 5) is 7.87. The van der Waals surface area contributed by atoms with E-state index in [9.17, 15) is 8.42 Å². The highest BCUT2D eigenvalue weighted by Crippen LogP contribution is 2.24. The Balaban J connectivity index is 2.49. The molecule has 0 amide bonds. The molecule has 0 N–H and O–H groups in total. The number of nitrogens with zero attached hydrogens (tertiary/aromatic N) is 2. The third-order valence-corrected chi connectivity index (χ3v) is 2.87. The predicted octanol–water partition coefficient (Wildman–Crippen LogP) is 1.70. The molecule has 0 saturated heterocycles. The molecular formula is C12H11N2O2S. The first-order chi connectivity index (χ1) is 8.06. The zero-order valence-electron chi connectivity index (χ0n) is 9.24. The summed E-state index contributed by atoms with van der Waals surface area (Å²) in [5, 5.41) is 0. The Morgan fingerprint density at radius 3 is 2.35 bits per heavy atom. The molecule has 0 atom stereocenters. The van der Waals surface area contributed by atoms with E-state index in [0.29, 0.717) is 5.56 Å². The molecule has 0 saturated carbocycles. The van der Waals surface area contributed by atoms with Gasteiger partial charge in [-0.1, -0.05) is 0 Å². The lowest BCUT2D eigenvalue weighted by atomic mass is 10.0. The van der Waals surface area contributed by atoms with E-state index in [1.165, 1.54) is 11.9 Å². The van der Waals surface area contributed by atoms with Gasteiger partial charge in [0.05, 0.1) is 0 Å². The van der Waals surface area contributed by atoms with Crippen molar-refractivity contribution in [2.45, 2.75) is 0 Å². The van der Waals surface area contributed by atoms with Gasteiger partial charge < -0.3 is 0 Å². The molecule has 0 spiro atoms. The predicted molar refractivity (Wildman–Crippen MR) is 65.7 cm³/mol. The topological polar surface area (TPSA) is 59.9 Å². The lowest BCUT2D eigenvalue weighted by Crippen LogP contribution is -2.00. The minimum Gasteiger partial charge on any atom is -0.265 e. The highest BCUT2D eigenvalue weighted by Gasteiger charge is 2.11. The molecule has 17 heavy (non-hydrogen) atoms. The first-order valence-electron chi connectivity index (χ1n) is 4.95. The zero-order chi connectivity index (χ0) is 12.3. The molecule has 2 rings (SSSR count). The zero-order valence-corrected chi connectivity index (χ0v) is 10.1. The molecule has 0 bridgehead atoms. The molecule has 0 unspecified atom stereocenters. The van der Waals surface area contributed by atoms with E-state index in [1.54, 1.807) is 24.7 Å². The van der Waals surface area contributed by atoms with Crippen LogP contribution in [0.25, 0.3) is 11.1 Å². The highest BCUT2D eigenvalue weighted by molar-refractivity contribution is 7.92. The quantitative estimate of drug-likeness (QED) is 0.828. The fourth-order valence-corrected chi connectivity index (χ4v) is 2.17. The molecule has 5 heteroatoms. The summed E-state index contributed by atoms with van der Waals surface area (Å²) in [6, 6.07) is 5.44. The monoisotopic (exact) mass is 247 g/mol. The maximum Gasteiger partial charge on any atom is 0.156 e. The molecular weight excluding hydrogens is 236 g/mol. The molecule has 0 aliphatic rings. The first kappa shape index (κ1) is 11.7. The molecule has 1 radical (unpaired) electrons. The number of hydrogen-bond donors (Lipinski definition) is 0. The summed E-state index contributed by atoms with van der Waals surface area (Å²) in [5.41, 5.74) is 2.33. The fourth-order valence-electron chi connectivity index (χ4n) is 1.53. The number of pyridine rings is 2. The van der Waals surface area contributed by atoms with Crippen LogP contribution >= 0.6 is 0 Å². The van der Waals surface area contributed by atoms with E-state index in [1.807, 2.05) is 12.1 Å². The lowest BCUT2D eigenvalue weighted by Gasteiger charge is -2.07. The van der Waals surface area contributed by atoms with Gasteiger partial charge in [-0.3, -0.25) is 9.97 Å². The third kappa shape index (κ3) is 3.10. The van der Waals surface area contributed by atoms with Gasteiger partial charge in [-0.2, -0.15) is 0 Å². The van der Waals surface area contributed by atoms with E-state index in [2.05, 4.69) is 9.97 Å². The summed E-state index contributed by atoms with van der Waals surface area (Å²) >= 11 is 0. The fraction of sp³-hybridized carbons (Fsp3) is 0.0833. The lowest BCUT2D eigenvalue weighted by molar-refractivity contribution is 0.608. The van der Waals surface area contributed by atoms with Gasteiger partial charge in [0.25, 0.3) is 0 Å². The molecule has 2 aromatic rings. The maximum absolute atomic E-state index is 11.3. The third-order valence-electron chi connectivity index (χ3n) is 2.18. The van der Waals surface area contributed by atoms with Crippen LogP contribution in [-0.4, -0.2) is 24.6 Å². The minimum atomic E-state index is -3.19. The van der Waals surface area contributed by atoms with Gasteiger partial charge in [0.2, 0.25) is 0 Å². The summed E-state index contributed by atoms with van der Waals surface area (Å²) in [5.74, 6) is 1.22. The molecule has 2 aromatic heterocycles. The Morgan fingerprint density at radius 2 is 1.71 bits per heavy atom. The van der Waals surface area contributed by atoms with E-state index >= 15 is 0 Å². The van der Waals surface area contributed by atoms with Crippen LogP contribution < -0.4 is 0 Å². The van der Waals surface area contributed by atoms with E-state index < -0.39 is 9.84 Å². The second-order valence-electron chi connectivity index (χ2n) is 3.65. The summed E-state index contributed by atoms with van der Waals surface area (Å²) < 4.78 is 22.6. The first-order valence-corrected chi connectivity index (χ1v) is 6.91. The van der Waals surface area contributed by atoms with Gasteiger partial charge in [-0.05, 0) is 34.9 Å². The van der Waals surface area contributed by atoms with Crippen molar-refractivity contribution in [2.75, 3.05) is 6.26 Å². The van der Waals surface area contributed by atoms with Crippen LogP contribution in [0.2, 0.25) is 0 Å². The molecule has 0 aliphatic heterocycles. The molecule has 0 aromatic carbocycles. The van der Waals surface area contributed by atoms with Crippen LogP contribution in [0.3, 0.4) is 0 Å². The number of aromatic nitrogens is 2. The normalized spacial score (nSPS) is 11.4. The van der Waals surface area contributed by atoms with Crippen LogP contribution in [0, 0.1) is 5.75 Å². The highest BCUT2D eigenvalue weighted by atomic mass is 32.2. The van der Waals surface area contributed by atoms with E-state index in [-0.39, 0.29) is 0 Å². The van der Waals surface area contributed by atoms with Gasteiger partial charge in [0.15, 0.2) is 9.84 Å². The Hall–Kier alpha value is -1.75. The van der Waals surface area contributed by atoms with Crippen molar-refractivity contribution in [1.29, 1.82) is 0 Å². The van der Waals surface area contributed by atoms with Crippen molar-refractivity contribution in [3.8, 4) is 11.1 Å². The van der Waals surface area contributed by atoms with Crippen molar-refractivity contribution in [1.82, 2.24) is 9.97 Å². The van der Waals surface area contributed by atoms with Gasteiger partial charge in [0, 0.05) is 31.0 Å². The summed E-state index contributed by atoms with van der Waals surface area (Å²) in [7, 11) is -3.19. The summed E-state index contributed by atoms with van der Waals surface area (Å²) in [6.07, 6.45) is 7.67. The SMILES string of the molecule is CS(=O)(=O)[CH]c1cnccc1-c1ccncc1. The molecule has 0 fully saturated rings. The second kappa shape index (κ2) is 4.63. The van der Waals surface area contributed by atoms with Crippen molar-refractivity contribution >= 4 is 9.84 Å². The number of rotatable bonds is 3. The van der Waals surface area contributed by atoms with Crippen molar-refractivity contribution in [2.24, 2.45) is 0 Å². The van der Waals surface area contributed by atoms with Crippen molar-refractivity contribution < 1.29 is 8.42 Å². The van der Waals surface area contributed by atoms with Crippen molar-refractivity contribution in [3.63, 3.8) is 0 Å². The van der Waals surface area contributed by atoms with Crippen LogP contribution in [0.15, 0.2) is 43.0 Å². The van der Waals surface area contributed by atoms with Gasteiger partial charge in [0.1, 0.15) is 5.75 Å². The maximum atomic E-state index is 11.3. The van der Waals surface area contributed by atoms with Gasteiger partial charge in [-0.25, -0.2) is 8.42 Å². The van der Waals surface area contributed by atoms with E-state index in [4.69, 9.17) is 0 Å². The second-order valence-corrected chi connectivity index (χ2v) is 5.54. The number of hydrogen-bond acceptors (Lipinski definition) is 4. The Labute approximate surface area is 100 Å². The van der Waals surface area contributed by atoms with Gasteiger partial charge >= 0.3 is 0 Å². The smallest absolute Gasteiger partial charge is 0.156 e. The van der Waals surface area contributed by atoms with E-state index in [0.717, 1.165) is 17.4 Å². The molecule has 2 heterocycles. The average Bonchev–Trinajstić information content (AvgIpc) is 2.29. The van der Waals surface area contributed by atoms with Crippen LogP contribution in [0.4, 0.5) is 0 Å². The van der Waals surface area contributed by atoms with Gasteiger partial charge in [-0.15, -0.1) is 0 Å². The molecule has 87 valence electrons. The molecule has 0 aliphatic carbocycles. The Bertz CT molecular complexity index is 609. The summed E-state index contributed by atoms with van der Waals surface area (Å²) in [6.45, 7) is 0. The Morgan fingerprint density at radius 1 is 1.06 bits per heavy atom. The number of sulfone groups is 1. The molecule has 4 nitrogen and oxygen atoms in total. The minimum absolute atomic E-state index is 0.584. The van der Waals surface area contributed by atoms with Crippen LogP contribution in [-0.2, 0) is 9.84 Å². The largest absolute Gasteiger partial charge is 0.265 e. The Kier molecular flexibility index (Phi) is 3.19. The standard InChI is InChI=1S/C12H11N2O2S/c1-17(15,16)9-11-8-14-7-4-12(11)10-2-5-13-6-3-10/h2-9H,1H3. The average molecular weight is 247 g/mol. The van der Waals surface area contributed by atoms with Crippen LogP contribution in [0.1, 0.15) is 5.56 Å². The van der Waals surface area contributed by atoms with Crippen LogP contribution in [0.5, 0.6) is 0 Å². The van der Waals surface area contributed by atoms with Crippen molar-refractivity contribution in [3.05, 3.63) is 54.3 Å².